The van der Waals surface area contributed by atoms with E-state index in [4.69, 9.17) is 4.74 Å². The van der Waals surface area contributed by atoms with Crippen LogP contribution in [0.4, 0.5) is 13.2 Å². The van der Waals surface area contributed by atoms with Crippen molar-refractivity contribution in [2.75, 3.05) is 6.61 Å². The molecule has 0 bridgehead atoms. The maximum atomic E-state index is 13.5. The Balaban J connectivity index is 2.11. The summed E-state index contributed by atoms with van der Waals surface area (Å²) in [6, 6.07) is 6.73. The van der Waals surface area contributed by atoms with Gasteiger partial charge in [-0.05, 0) is 34.1 Å². The fourth-order valence-corrected chi connectivity index (χ4v) is 2.07. The molecule has 0 heterocycles. The molecule has 2 nitrogen and oxygen atoms in total. The normalized spacial score (nSPS) is 10.4. The highest BCUT2D eigenvalue weighted by Gasteiger charge is 2.14. The monoisotopic (exact) mass is 344 g/mol. The molecule has 0 saturated heterocycles. The molecule has 0 aliphatic rings. The summed E-state index contributed by atoms with van der Waals surface area (Å²) in [6.45, 7) is -0.482. The second kappa shape index (κ2) is 6.09. The van der Waals surface area contributed by atoms with Gasteiger partial charge in [0.15, 0.2) is 24.0 Å². The van der Waals surface area contributed by atoms with Gasteiger partial charge >= 0.3 is 0 Å². The largest absolute Gasteiger partial charge is 0.481 e. The number of carbonyl (C=O) groups is 1. The van der Waals surface area contributed by atoms with Crippen molar-refractivity contribution in [3.63, 3.8) is 0 Å². The van der Waals surface area contributed by atoms with Crippen molar-refractivity contribution in [1.29, 1.82) is 0 Å². The first-order chi connectivity index (χ1) is 9.47. The second-order valence-electron chi connectivity index (χ2n) is 3.92. The van der Waals surface area contributed by atoms with Crippen molar-refractivity contribution >= 4 is 21.7 Å². The van der Waals surface area contributed by atoms with Crippen LogP contribution in [0.25, 0.3) is 0 Å². The van der Waals surface area contributed by atoms with Crippen molar-refractivity contribution in [3.8, 4) is 5.75 Å². The van der Waals surface area contributed by atoms with Gasteiger partial charge in [0.1, 0.15) is 11.6 Å². The van der Waals surface area contributed by atoms with E-state index in [2.05, 4.69) is 15.9 Å². The van der Waals surface area contributed by atoms with E-state index in [9.17, 15) is 18.0 Å². The highest BCUT2D eigenvalue weighted by atomic mass is 79.9. The van der Waals surface area contributed by atoms with Gasteiger partial charge in [-0.3, -0.25) is 4.79 Å². The zero-order valence-corrected chi connectivity index (χ0v) is 11.6. The number of ether oxygens (including phenoxy) is 1. The van der Waals surface area contributed by atoms with Crippen LogP contribution < -0.4 is 4.74 Å². The first kappa shape index (κ1) is 14.6. The van der Waals surface area contributed by atoms with Gasteiger partial charge in [-0.15, -0.1) is 0 Å². The predicted octanol–water partition coefficient (Wildman–Crippen LogP) is 4.13. The van der Waals surface area contributed by atoms with Gasteiger partial charge in [0, 0.05) is 11.6 Å². The molecule has 0 atom stereocenters. The Hall–Kier alpha value is -1.82. The lowest BCUT2D eigenvalue weighted by Crippen LogP contribution is -2.12. The van der Waals surface area contributed by atoms with Crippen molar-refractivity contribution in [3.05, 3.63) is 63.9 Å². The van der Waals surface area contributed by atoms with E-state index in [0.717, 1.165) is 12.1 Å². The smallest absolute Gasteiger partial charge is 0.200 e. The number of hydrogen-bond donors (Lipinski definition) is 0. The maximum Gasteiger partial charge on any atom is 0.200 e. The van der Waals surface area contributed by atoms with Gasteiger partial charge in [-0.1, -0.05) is 12.1 Å². The molecule has 104 valence electrons. The predicted molar refractivity (Wildman–Crippen MR) is 70.3 cm³/mol. The topological polar surface area (TPSA) is 26.3 Å². The Morgan fingerprint density at radius 1 is 1.10 bits per heavy atom. The number of rotatable bonds is 4. The van der Waals surface area contributed by atoms with Crippen molar-refractivity contribution in [2.45, 2.75) is 0 Å². The van der Waals surface area contributed by atoms with E-state index >= 15 is 0 Å². The summed E-state index contributed by atoms with van der Waals surface area (Å²) in [5, 5.41) is 0. The van der Waals surface area contributed by atoms with Crippen LogP contribution in [-0.2, 0) is 0 Å². The Morgan fingerprint density at radius 3 is 2.50 bits per heavy atom. The number of ketones is 1. The molecule has 0 fully saturated rings. The van der Waals surface area contributed by atoms with E-state index in [1.807, 2.05) is 0 Å². The molecule has 0 spiro atoms. The second-order valence-corrected chi connectivity index (χ2v) is 4.78. The zero-order chi connectivity index (χ0) is 14.7. The molecule has 0 unspecified atom stereocenters. The van der Waals surface area contributed by atoms with Gasteiger partial charge in [-0.2, -0.15) is 0 Å². The number of hydrogen-bond acceptors (Lipinski definition) is 2. The summed E-state index contributed by atoms with van der Waals surface area (Å²) in [7, 11) is 0. The minimum Gasteiger partial charge on any atom is -0.481 e. The van der Waals surface area contributed by atoms with Crippen LogP contribution in [0.5, 0.6) is 5.75 Å². The quantitative estimate of drug-likeness (QED) is 0.779. The standard InChI is InChI=1S/C14H8BrF3O2/c15-11-5-10(17)6-12(18)14(11)20-7-13(19)8-2-1-3-9(16)4-8/h1-6H,7H2. The summed E-state index contributed by atoms with van der Waals surface area (Å²) in [4.78, 5) is 11.8. The molecule has 0 aliphatic carbocycles. The summed E-state index contributed by atoms with van der Waals surface area (Å²) in [5.74, 6) is -3.02. The van der Waals surface area contributed by atoms with Crippen LogP contribution in [0.15, 0.2) is 40.9 Å². The number of benzene rings is 2. The highest BCUT2D eigenvalue weighted by Crippen LogP contribution is 2.29. The summed E-state index contributed by atoms with van der Waals surface area (Å²) in [5.41, 5.74) is 0.114. The molecule has 2 aromatic rings. The van der Waals surface area contributed by atoms with Gasteiger partial charge in [0.25, 0.3) is 0 Å². The zero-order valence-electron chi connectivity index (χ0n) is 10.00. The summed E-state index contributed by atoms with van der Waals surface area (Å²) in [6.07, 6.45) is 0. The molecule has 2 aromatic carbocycles. The Kier molecular flexibility index (Phi) is 4.44. The van der Waals surface area contributed by atoms with E-state index in [1.54, 1.807) is 0 Å². The Morgan fingerprint density at radius 2 is 1.85 bits per heavy atom. The lowest BCUT2D eigenvalue weighted by molar-refractivity contribution is 0.0917. The average Bonchev–Trinajstić information content (AvgIpc) is 2.37. The number of carbonyl (C=O) groups excluding carboxylic acids is 1. The molecule has 0 aliphatic heterocycles. The molecule has 0 radical (unpaired) electrons. The molecular formula is C14H8BrF3O2. The van der Waals surface area contributed by atoms with E-state index in [1.165, 1.54) is 18.2 Å². The third-order valence-corrected chi connectivity index (χ3v) is 3.05. The summed E-state index contributed by atoms with van der Waals surface area (Å²) >= 11 is 2.94. The average molecular weight is 345 g/mol. The first-order valence-corrected chi connectivity index (χ1v) is 6.33. The molecule has 2 rings (SSSR count). The number of Topliss-reactive ketones (excluding diaryl/α,β-unsaturated/α-hetero) is 1. The third kappa shape index (κ3) is 3.39. The van der Waals surface area contributed by atoms with Crippen LogP contribution in [0.1, 0.15) is 10.4 Å². The van der Waals surface area contributed by atoms with Crippen LogP contribution in [0.2, 0.25) is 0 Å². The Bertz CT molecular complexity index is 636. The first-order valence-electron chi connectivity index (χ1n) is 5.53. The fourth-order valence-electron chi connectivity index (χ4n) is 1.55. The highest BCUT2D eigenvalue weighted by molar-refractivity contribution is 9.10. The third-order valence-electron chi connectivity index (χ3n) is 2.46. The molecule has 20 heavy (non-hydrogen) atoms. The van der Waals surface area contributed by atoms with Gasteiger partial charge in [0.2, 0.25) is 0 Å². The van der Waals surface area contributed by atoms with Gasteiger partial charge < -0.3 is 4.74 Å². The lowest BCUT2D eigenvalue weighted by atomic mass is 10.1. The maximum absolute atomic E-state index is 13.5. The minimum atomic E-state index is -0.927. The number of halogens is 4. The van der Waals surface area contributed by atoms with Gasteiger partial charge in [0.05, 0.1) is 4.47 Å². The van der Waals surface area contributed by atoms with Gasteiger partial charge in [-0.25, -0.2) is 13.2 Å². The lowest BCUT2D eigenvalue weighted by Gasteiger charge is -2.09. The van der Waals surface area contributed by atoms with Crippen LogP contribution in [-0.4, -0.2) is 12.4 Å². The molecule has 0 saturated carbocycles. The van der Waals surface area contributed by atoms with Crippen molar-refractivity contribution in [2.24, 2.45) is 0 Å². The molecule has 0 N–H and O–H groups in total. The molecular weight excluding hydrogens is 337 g/mol. The van der Waals surface area contributed by atoms with Crippen molar-refractivity contribution in [1.82, 2.24) is 0 Å². The van der Waals surface area contributed by atoms with E-state index < -0.39 is 29.8 Å². The molecule has 0 amide bonds. The SMILES string of the molecule is O=C(COc1c(F)cc(F)cc1Br)c1cccc(F)c1. The van der Waals surface area contributed by atoms with E-state index in [-0.39, 0.29) is 15.8 Å². The molecule has 0 aromatic heterocycles. The van der Waals surface area contributed by atoms with Crippen LogP contribution in [0, 0.1) is 17.5 Å². The van der Waals surface area contributed by atoms with Crippen LogP contribution >= 0.6 is 15.9 Å². The summed E-state index contributed by atoms with van der Waals surface area (Å²) < 4.78 is 44.4. The fraction of sp³-hybridized carbons (Fsp3) is 0.0714. The minimum absolute atomic E-state index is 0.0574. The Labute approximate surface area is 121 Å². The van der Waals surface area contributed by atoms with Crippen molar-refractivity contribution < 1.29 is 22.7 Å². The van der Waals surface area contributed by atoms with E-state index in [0.29, 0.717) is 6.07 Å². The van der Waals surface area contributed by atoms with Crippen LogP contribution in [0.3, 0.4) is 0 Å². The molecule has 6 heteroatoms.